The molecule has 0 aliphatic rings. The molecule has 0 atom stereocenters. The van der Waals surface area contributed by atoms with Crippen LogP contribution in [0.2, 0.25) is 0 Å². The normalized spacial score (nSPS) is 12.0. The molecule has 0 fully saturated rings. The first-order valence-electron chi connectivity index (χ1n) is 9.37. The van der Waals surface area contributed by atoms with E-state index in [-0.39, 0.29) is 5.30 Å². The van der Waals surface area contributed by atoms with Crippen molar-refractivity contribution in [3.63, 3.8) is 0 Å². The van der Waals surface area contributed by atoms with E-state index in [0.29, 0.717) is 0 Å². The summed E-state index contributed by atoms with van der Waals surface area (Å²) in [6.07, 6.45) is 0. The highest BCUT2D eigenvalue weighted by Gasteiger charge is 2.16. The van der Waals surface area contributed by atoms with Crippen molar-refractivity contribution in [2.75, 3.05) is 0 Å². The standard InChI is InChI=1S/C24H17BrNO3P/c25-18-9-14-22-21-3-1-2-4-23(21)26(24(22)15-18)19-10-5-16(6-11-19)17-7-12-20(13-8-17)30(27,28)29/h1-15H,(H2,27,28,29). The highest BCUT2D eigenvalue weighted by Crippen LogP contribution is 2.35. The molecule has 0 amide bonds. The maximum atomic E-state index is 11.4. The van der Waals surface area contributed by atoms with Gasteiger partial charge in [-0.15, -0.1) is 0 Å². The van der Waals surface area contributed by atoms with Crippen molar-refractivity contribution in [2.24, 2.45) is 0 Å². The quantitative estimate of drug-likeness (QED) is 0.312. The van der Waals surface area contributed by atoms with E-state index in [4.69, 9.17) is 0 Å². The molecule has 0 aliphatic carbocycles. The summed E-state index contributed by atoms with van der Waals surface area (Å²) in [5, 5.41) is 2.43. The number of halogens is 1. The van der Waals surface area contributed by atoms with Crippen molar-refractivity contribution >= 4 is 50.6 Å². The molecule has 5 rings (SSSR count). The zero-order chi connectivity index (χ0) is 20.9. The number of nitrogens with zero attached hydrogens (tertiary/aromatic N) is 1. The number of benzene rings is 4. The van der Waals surface area contributed by atoms with Crippen LogP contribution >= 0.6 is 23.5 Å². The summed E-state index contributed by atoms with van der Waals surface area (Å²) in [7, 11) is -4.23. The van der Waals surface area contributed by atoms with Gasteiger partial charge in [0.05, 0.1) is 16.3 Å². The Balaban J connectivity index is 1.61. The minimum atomic E-state index is -4.23. The van der Waals surface area contributed by atoms with Crippen molar-refractivity contribution < 1.29 is 14.4 Å². The van der Waals surface area contributed by atoms with E-state index in [0.717, 1.165) is 32.3 Å². The van der Waals surface area contributed by atoms with E-state index in [1.165, 1.54) is 22.9 Å². The molecule has 1 aromatic heterocycles. The topological polar surface area (TPSA) is 62.5 Å². The average Bonchev–Trinajstić information content (AvgIpc) is 3.07. The molecule has 148 valence electrons. The van der Waals surface area contributed by atoms with Crippen LogP contribution in [0.15, 0.2) is 95.5 Å². The number of rotatable bonds is 3. The zero-order valence-electron chi connectivity index (χ0n) is 15.7. The predicted molar refractivity (Wildman–Crippen MR) is 126 cm³/mol. The Morgan fingerprint density at radius 1 is 0.700 bits per heavy atom. The SMILES string of the molecule is O=P(O)(O)c1ccc(-c2ccc(-n3c4ccccc4c4ccc(Br)cc43)cc2)cc1. The first kappa shape index (κ1) is 19.3. The minimum absolute atomic E-state index is 0.0266. The number of hydrogen-bond donors (Lipinski definition) is 2. The van der Waals surface area contributed by atoms with Crippen LogP contribution in [-0.2, 0) is 4.57 Å². The lowest BCUT2D eigenvalue weighted by atomic mass is 10.1. The molecule has 0 spiro atoms. The molecule has 5 aromatic rings. The summed E-state index contributed by atoms with van der Waals surface area (Å²) >= 11 is 3.59. The van der Waals surface area contributed by atoms with Gasteiger partial charge < -0.3 is 14.4 Å². The van der Waals surface area contributed by atoms with E-state index in [9.17, 15) is 14.4 Å². The van der Waals surface area contributed by atoms with Gasteiger partial charge in [-0.05, 0) is 53.6 Å². The second kappa shape index (κ2) is 7.22. The lowest BCUT2D eigenvalue weighted by molar-refractivity contribution is 0.387. The maximum Gasteiger partial charge on any atom is 0.356 e. The maximum absolute atomic E-state index is 11.4. The molecule has 0 saturated carbocycles. The number of para-hydroxylation sites is 1. The van der Waals surface area contributed by atoms with Crippen LogP contribution in [0.3, 0.4) is 0 Å². The molecule has 0 aliphatic heterocycles. The van der Waals surface area contributed by atoms with Gasteiger partial charge in [-0.1, -0.05) is 64.5 Å². The summed E-state index contributed by atoms with van der Waals surface area (Å²) in [5.74, 6) is 0. The van der Waals surface area contributed by atoms with Gasteiger partial charge in [0.1, 0.15) is 0 Å². The molecule has 4 aromatic carbocycles. The Morgan fingerprint density at radius 2 is 1.30 bits per heavy atom. The summed E-state index contributed by atoms with van der Waals surface area (Å²) in [6, 6.07) is 29.3. The molecule has 0 unspecified atom stereocenters. The van der Waals surface area contributed by atoms with Crippen LogP contribution in [0.1, 0.15) is 0 Å². The smallest absolute Gasteiger partial charge is 0.321 e. The van der Waals surface area contributed by atoms with Crippen LogP contribution < -0.4 is 5.30 Å². The van der Waals surface area contributed by atoms with Gasteiger partial charge in [0.15, 0.2) is 0 Å². The zero-order valence-corrected chi connectivity index (χ0v) is 18.2. The van der Waals surface area contributed by atoms with Crippen molar-refractivity contribution in [1.82, 2.24) is 4.57 Å². The molecule has 2 N–H and O–H groups in total. The third-order valence-corrected chi connectivity index (χ3v) is 6.76. The van der Waals surface area contributed by atoms with Crippen molar-refractivity contribution in [3.8, 4) is 16.8 Å². The summed E-state index contributed by atoms with van der Waals surface area (Å²) in [6.45, 7) is 0. The molecule has 6 heteroatoms. The lowest BCUT2D eigenvalue weighted by Crippen LogP contribution is -2.02. The highest BCUT2D eigenvalue weighted by atomic mass is 79.9. The first-order valence-corrected chi connectivity index (χ1v) is 11.8. The van der Waals surface area contributed by atoms with Crippen molar-refractivity contribution in [2.45, 2.75) is 0 Å². The van der Waals surface area contributed by atoms with E-state index in [2.05, 4.69) is 69.0 Å². The monoisotopic (exact) mass is 477 g/mol. The minimum Gasteiger partial charge on any atom is -0.321 e. The van der Waals surface area contributed by atoms with E-state index >= 15 is 0 Å². The molecule has 0 saturated heterocycles. The Morgan fingerprint density at radius 3 is 1.97 bits per heavy atom. The summed E-state index contributed by atoms with van der Waals surface area (Å²) < 4.78 is 14.7. The van der Waals surface area contributed by atoms with Crippen LogP contribution in [-0.4, -0.2) is 14.4 Å². The number of fused-ring (bicyclic) bond motifs is 3. The Bertz CT molecular complexity index is 1430. The second-order valence-corrected chi connectivity index (χ2v) is 9.67. The van der Waals surface area contributed by atoms with Crippen LogP contribution in [0.5, 0.6) is 0 Å². The second-order valence-electron chi connectivity index (χ2n) is 7.15. The third-order valence-electron chi connectivity index (χ3n) is 5.30. The highest BCUT2D eigenvalue weighted by molar-refractivity contribution is 9.10. The van der Waals surface area contributed by atoms with Gasteiger partial charge in [0.2, 0.25) is 0 Å². The summed E-state index contributed by atoms with van der Waals surface area (Å²) in [5.41, 5.74) is 5.21. The van der Waals surface area contributed by atoms with Crippen LogP contribution in [0.25, 0.3) is 38.6 Å². The van der Waals surface area contributed by atoms with Crippen molar-refractivity contribution in [3.05, 3.63) is 95.5 Å². The first-order chi connectivity index (χ1) is 14.4. The van der Waals surface area contributed by atoms with Gasteiger partial charge in [-0.2, -0.15) is 0 Å². The van der Waals surface area contributed by atoms with Gasteiger partial charge in [0.25, 0.3) is 0 Å². The molecule has 1 heterocycles. The fraction of sp³-hybridized carbons (Fsp3) is 0. The lowest BCUT2D eigenvalue weighted by Gasteiger charge is -2.10. The number of aromatic nitrogens is 1. The van der Waals surface area contributed by atoms with Crippen molar-refractivity contribution in [1.29, 1.82) is 0 Å². The van der Waals surface area contributed by atoms with E-state index < -0.39 is 7.60 Å². The van der Waals surface area contributed by atoms with Gasteiger partial charge in [-0.3, -0.25) is 4.57 Å². The fourth-order valence-corrected chi connectivity index (χ4v) is 4.76. The largest absolute Gasteiger partial charge is 0.356 e. The Kier molecular flexibility index (Phi) is 4.64. The molecular weight excluding hydrogens is 461 g/mol. The van der Waals surface area contributed by atoms with Gasteiger partial charge in [-0.25, -0.2) is 0 Å². The molecule has 0 bridgehead atoms. The molecule has 30 heavy (non-hydrogen) atoms. The molecule has 4 nitrogen and oxygen atoms in total. The average molecular weight is 478 g/mol. The summed E-state index contributed by atoms with van der Waals surface area (Å²) in [4.78, 5) is 18.6. The van der Waals surface area contributed by atoms with Gasteiger partial charge >= 0.3 is 7.60 Å². The van der Waals surface area contributed by atoms with Gasteiger partial charge in [0, 0.05) is 20.9 Å². The van der Waals surface area contributed by atoms with Crippen LogP contribution in [0, 0.1) is 0 Å². The Labute approximate surface area is 181 Å². The van der Waals surface area contributed by atoms with E-state index in [1.54, 1.807) is 12.1 Å². The van der Waals surface area contributed by atoms with Crippen LogP contribution in [0.4, 0.5) is 0 Å². The predicted octanol–water partition coefficient (Wildman–Crippen LogP) is 6.02. The third kappa shape index (κ3) is 3.30. The Hall–Kier alpha value is -2.69. The molecule has 0 radical (unpaired) electrons. The fourth-order valence-electron chi connectivity index (χ4n) is 3.87. The number of hydrogen-bond acceptors (Lipinski definition) is 1. The molecular formula is C24H17BrNO3P. The van der Waals surface area contributed by atoms with E-state index in [1.807, 2.05) is 18.2 Å².